The Morgan fingerprint density at radius 2 is 1.93 bits per heavy atom. The number of hydrazone groups is 1. The molecule has 0 aliphatic carbocycles. The Morgan fingerprint density at radius 3 is 2.71 bits per heavy atom. The predicted molar refractivity (Wildman–Crippen MR) is 113 cm³/mol. The predicted octanol–water partition coefficient (Wildman–Crippen LogP) is 4.81. The van der Waals surface area contributed by atoms with Crippen LogP contribution in [0.4, 0.5) is 0 Å². The highest BCUT2D eigenvalue weighted by Crippen LogP contribution is 2.21. The van der Waals surface area contributed by atoms with Gasteiger partial charge in [-0.15, -0.1) is 0 Å². The first-order valence-electron chi connectivity index (χ1n) is 8.61. The minimum absolute atomic E-state index is 0.109. The SMILES string of the molecule is Cc1ccc(COc2cccc(/C=N\NC(=O)c3cc(Br)ccc3O)c2)cc1. The number of benzene rings is 3. The van der Waals surface area contributed by atoms with Gasteiger partial charge in [0.2, 0.25) is 0 Å². The van der Waals surface area contributed by atoms with Crippen molar-refractivity contribution < 1.29 is 14.6 Å². The maximum Gasteiger partial charge on any atom is 0.275 e. The largest absolute Gasteiger partial charge is 0.507 e. The molecule has 0 radical (unpaired) electrons. The van der Waals surface area contributed by atoms with Crippen molar-refractivity contribution in [3.63, 3.8) is 0 Å². The molecule has 0 spiro atoms. The van der Waals surface area contributed by atoms with Gasteiger partial charge in [-0.25, -0.2) is 5.43 Å². The van der Waals surface area contributed by atoms with Crippen LogP contribution in [0.15, 0.2) is 76.3 Å². The van der Waals surface area contributed by atoms with Crippen LogP contribution in [0.1, 0.15) is 27.0 Å². The van der Waals surface area contributed by atoms with E-state index in [1.165, 1.54) is 23.9 Å². The van der Waals surface area contributed by atoms with E-state index in [9.17, 15) is 9.90 Å². The second-order valence-electron chi connectivity index (χ2n) is 6.21. The number of rotatable bonds is 6. The molecule has 0 bridgehead atoms. The molecule has 3 aromatic carbocycles. The Hall–Kier alpha value is -3.12. The average molecular weight is 439 g/mol. The van der Waals surface area contributed by atoms with Crippen molar-refractivity contribution in [1.29, 1.82) is 0 Å². The number of carbonyl (C=O) groups excluding carboxylic acids is 1. The molecule has 3 rings (SSSR count). The summed E-state index contributed by atoms with van der Waals surface area (Å²) in [5.74, 6) is 0.102. The molecule has 0 atom stereocenters. The molecule has 6 heteroatoms. The third-order valence-electron chi connectivity index (χ3n) is 3.97. The minimum atomic E-state index is -0.498. The summed E-state index contributed by atoms with van der Waals surface area (Å²) >= 11 is 3.27. The fourth-order valence-electron chi connectivity index (χ4n) is 2.45. The molecule has 3 aromatic rings. The lowest BCUT2D eigenvalue weighted by Gasteiger charge is -2.07. The van der Waals surface area contributed by atoms with Crippen LogP contribution < -0.4 is 10.2 Å². The second-order valence-corrected chi connectivity index (χ2v) is 7.12. The van der Waals surface area contributed by atoms with Crippen molar-refractivity contribution in [3.8, 4) is 11.5 Å². The number of hydrogen-bond donors (Lipinski definition) is 2. The van der Waals surface area contributed by atoms with Crippen LogP contribution >= 0.6 is 15.9 Å². The summed E-state index contributed by atoms with van der Waals surface area (Å²) in [5.41, 5.74) is 5.62. The molecule has 0 fully saturated rings. The van der Waals surface area contributed by atoms with Gasteiger partial charge in [-0.1, -0.05) is 57.9 Å². The number of halogens is 1. The first-order valence-corrected chi connectivity index (χ1v) is 9.41. The molecule has 2 N–H and O–H groups in total. The van der Waals surface area contributed by atoms with Gasteiger partial charge in [0.15, 0.2) is 0 Å². The van der Waals surface area contributed by atoms with E-state index in [0.717, 1.165) is 11.1 Å². The summed E-state index contributed by atoms with van der Waals surface area (Å²) in [7, 11) is 0. The molecule has 0 aromatic heterocycles. The van der Waals surface area contributed by atoms with Crippen LogP contribution in [-0.4, -0.2) is 17.2 Å². The van der Waals surface area contributed by atoms with E-state index in [4.69, 9.17) is 4.74 Å². The van der Waals surface area contributed by atoms with E-state index in [0.29, 0.717) is 16.8 Å². The van der Waals surface area contributed by atoms with Crippen LogP contribution in [-0.2, 0) is 6.61 Å². The molecular formula is C22H19BrN2O3. The lowest BCUT2D eigenvalue weighted by Crippen LogP contribution is -2.17. The lowest BCUT2D eigenvalue weighted by atomic mass is 10.2. The highest BCUT2D eigenvalue weighted by molar-refractivity contribution is 9.10. The molecule has 0 saturated heterocycles. The van der Waals surface area contributed by atoms with Gasteiger partial charge < -0.3 is 9.84 Å². The monoisotopic (exact) mass is 438 g/mol. The van der Waals surface area contributed by atoms with Crippen LogP contribution in [0.5, 0.6) is 11.5 Å². The average Bonchev–Trinajstić information content (AvgIpc) is 2.69. The van der Waals surface area contributed by atoms with E-state index in [2.05, 4.69) is 26.5 Å². The summed E-state index contributed by atoms with van der Waals surface area (Å²) in [6, 6.07) is 20.2. The second kappa shape index (κ2) is 9.19. The van der Waals surface area contributed by atoms with Crippen LogP contribution in [0.3, 0.4) is 0 Å². The Labute approximate surface area is 171 Å². The number of aromatic hydroxyl groups is 1. The van der Waals surface area contributed by atoms with E-state index in [1.807, 2.05) is 55.5 Å². The van der Waals surface area contributed by atoms with E-state index < -0.39 is 5.91 Å². The van der Waals surface area contributed by atoms with E-state index >= 15 is 0 Å². The maximum atomic E-state index is 12.1. The van der Waals surface area contributed by atoms with E-state index in [-0.39, 0.29) is 11.3 Å². The molecule has 0 aliphatic rings. The van der Waals surface area contributed by atoms with Gasteiger partial charge in [-0.3, -0.25) is 4.79 Å². The summed E-state index contributed by atoms with van der Waals surface area (Å²) in [6.07, 6.45) is 1.52. The summed E-state index contributed by atoms with van der Waals surface area (Å²) in [5, 5.41) is 13.7. The third kappa shape index (κ3) is 5.44. The van der Waals surface area contributed by atoms with Gasteiger partial charge in [-0.2, -0.15) is 5.10 Å². The first kappa shape index (κ1) is 19.6. The van der Waals surface area contributed by atoms with Crippen LogP contribution in [0.2, 0.25) is 0 Å². The number of nitrogens with zero attached hydrogens (tertiary/aromatic N) is 1. The van der Waals surface area contributed by atoms with Crippen LogP contribution in [0, 0.1) is 6.92 Å². The van der Waals surface area contributed by atoms with Crippen LogP contribution in [0.25, 0.3) is 0 Å². The highest BCUT2D eigenvalue weighted by Gasteiger charge is 2.10. The number of hydrogen-bond acceptors (Lipinski definition) is 4. The summed E-state index contributed by atoms with van der Waals surface area (Å²) < 4.78 is 6.50. The Morgan fingerprint density at radius 1 is 1.14 bits per heavy atom. The third-order valence-corrected chi connectivity index (χ3v) is 4.46. The number of phenols is 1. The number of nitrogens with one attached hydrogen (secondary N) is 1. The minimum Gasteiger partial charge on any atom is -0.507 e. The molecule has 0 saturated carbocycles. The van der Waals surface area contributed by atoms with Crippen molar-refractivity contribution in [2.24, 2.45) is 5.10 Å². The zero-order valence-electron chi connectivity index (χ0n) is 15.2. The summed E-state index contributed by atoms with van der Waals surface area (Å²) in [6.45, 7) is 2.52. The number of amides is 1. The lowest BCUT2D eigenvalue weighted by molar-refractivity contribution is 0.0952. The zero-order chi connectivity index (χ0) is 19.9. The molecule has 5 nitrogen and oxygen atoms in total. The smallest absolute Gasteiger partial charge is 0.275 e. The van der Waals surface area contributed by atoms with Gasteiger partial charge >= 0.3 is 0 Å². The highest BCUT2D eigenvalue weighted by atomic mass is 79.9. The normalized spacial score (nSPS) is 10.8. The molecule has 0 unspecified atom stereocenters. The van der Waals surface area contributed by atoms with Crippen molar-refractivity contribution >= 4 is 28.1 Å². The molecule has 1 amide bonds. The van der Waals surface area contributed by atoms with Gasteiger partial charge in [0.25, 0.3) is 5.91 Å². The maximum absolute atomic E-state index is 12.1. The van der Waals surface area contributed by atoms with Crippen molar-refractivity contribution in [2.45, 2.75) is 13.5 Å². The standard InChI is InChI=1S/C22H19BrN2O3/c1-15-5-7-16(8-6-15)14-28-19-4-2-3-17(11-19)13-24-25-22(27)20-12-18(23)9-10-21(20)26/h2-13,26H,14H2,1H3,(H,25,27)/b24-13-. The molecule has 28 heavy (non-hydrogen) atoms. The zero-order valence-corrected chi connectivity index (χ0v) is 16.8. The fraction of sp³-hybridized carbons (Fsp3) is 0.0909. The van der Waals surface area contributed by atoms with E-state index in [1.54, 1.807) is 6.07 Å². The fourth-order valence-corrected chi connectivity index (χ4v) is 2.81. The first-order chi connectivity index (χ1) is 13.5. The number of aryl methyl sites for hydroxylation is 1. The quantitative estimate of drug-likeness (QED) is 0.428. The Kier molecular flexibility index (Phi) is 6.45. The van der Waals surface area contributed by atoms with Crippen molar-refractivity contribution in [3.05, 3.63) is 93.5 Å². The topological polar surface area (TPSA) is 70.9 Å². The summed E-state index contributed by atoms with van der Waals surface area (Å²) in [4.78, 5) is 12.1. The van der Waals surface area contributed by atoms with Crippen molar-refractivity contribution in [2.75, 3.05) is 0 Å². The number of carbonyl (C=O) groups is 1. The van der Waals surface area contributed by atoms with Crippen molar-refractivity contribution in [1.82, 2.24) is 5.43 Å². The Balaban J connectivity index is 1.59. The van der Waals surface area contributed by atoms with Gasteiger partial charge in [0.05, 0.1) is 11.8 Å². The Bertz CT molecular complexity index is 1000. The van der Waals surface area contributed by atoms with Gasteiger partial charge in [0, 0.05) is 4.47 Å². The van der Waals surface area contributed by atoms with Gasteiger partial charge in [0.1, 0.15) is 18.1 Å². The molecule has 0 heterocycles. The molecule has 0 aliphatic heterocycles. The molecular weight excluding hydrogens is 420 g/mol. The number of phenolic OH excluding ortho intramolecular Hbond substituents is 1. The molecule has 142 valence electrons. The van der Waals surface area contributed by atoms with Gasteiger partial charge in [-0.05, 0) is 48.4 Å². The number of ether oxygens (including phenoxy) is 1.